The van der Waals surface area contributed by atoms with Crippen molar-refractivity contribution in [2.75, 3.05) is 0 Å². The van der Waals surface area contributed by atoms with Gasteiger partial charge in [0.1, 0.15) is 11.6 Å². The summed E-state index contributed by atoms with van der Waals surface area (Å²) in [6.07, 6.45) is 1.31. The van der Waals surface area contributed by atoms with E-state index < -0.39 is 6.04 Å². The molecule has 0 aliphatic rings. The zero-order valence-corrected chi connectivity index (χ0v) is 7.96. The number of Topliss-reactive ketones (excluding diaryl/α,β-unsaturated/α-hetero) is 2. The minimum absolute atomic E-state index is 0.00856. The molecule has 0 aromatic heterocycles. The van der Waals surface area contributed by atoms with Crippen LogP contribution >= 0.6 is 0 Å². The van der Waals surface area contributed by atoms with Gasteiger partial charge in [-0.2, -0.15) is 0 Å². The maximum Gasteiger partial charge on any atom is 0.146 e. The second-order valence-electron chi connectivity index (χ2n) is 3.31. The molecule has 0 heterocycles. The number of carbonyl (C=O) groups is 2. The van der Waals surface area contributed by atoms with Crippen LogP contribution in [0.1, 0.15) is 33.6 Å². The van der Waals surface area contributed by atoms with Gasteiger partial charge in [0.15, 0.2) is 0 Å². The van der Waals surface area contributed by atoms with Gasteiger partial charge in [-0.25, -0.2) is 0 Å². The van der Waals surface area contributed by atoms with E-state index in [1.807, 2.05) is 6.92 Å². The van der Waals surface area contributed by atoms with Crippen molar-refractivity contribution < 1.29 is 9.59 Å². The molecule has 70 valence electrons. The van der Waals surface area contributed by atoms with Crippen LogP contribution in [0.2, 0.25) is 0 Å². The first-order chi connectivity index (χ1) is 5.45. The Balaban J connectivity index is 3.68. The van der Waals surface area contributed by atoms with E-state index >= 15 is 0 Å². The van der Waals surface area contributed by atoms with E-state index in [0.29, 0.717) is 12.8 Å². The average Bonchev–Trinajstić information content (AvgIpc) is 1.98. The van der Waals surface area contributed by atoms with Gasteiger partial charge in [-0.1, -0.05) is 6.92 Å². The SMILES string of the molecule is CC(=O)C(C)CCC(N)C(C)=O. The third-order valence-electron chi connectivity index (χ3n) is 2.13. The van der Waals surface area contributed by atoms with Crippen LogP contribution in [-0.2, 0) is 9.59 Å². The zero-order valence-electron chi connectivity index (χ0n) is 7.96. The second-order valence-corrected chi connectivity index (χ2v) is 3.31. The van der Waals surface area contributed by atoms with Crippen molar-refractivity contribution in [3.8, 4) is 0 Å². The molecule has 0 saturated heterocycles. The highest BCUT2D eigenvalue weighted by Gasteiger charge is 2.12. The smallest absolute Gasteiger partial charge is 0.146 e. The van der Waals surface area contributed by atoms with Crippen LogP contribution in [0, 0.1) is 5.92 Å². The summed E-state index contributed by atoms with van der Waals surface area (Å²) in [5.41, 5.74) is 5.50. The van der Waals surface area contributed by atoms with Gasteiger partial charge >= 0.3 is 0 Å². The van der Waals surface area contributed by atoms with E-state index in [-0.39, 0.29) is 17.5 Å². The lowest BCUT2D eigenvalue weighted by Gasteiger charge is -2.10. The summed E-state index contributed by atoms with van der Waals surface area (Å²) in [5.74, 6) is 0.173. The summed E-state index contributed by atoms with van der Waals surface area (Å²) in [5, 5.41) is 0. The molecular weight excluding hydrogens is 154 g/mol. The summed E-state index contributed by atoms with van der Waals surface area (Å²) in [6.45, 7) is 4.89. The third-order valence-corrected chi connectivity index (χ3v) is 2.13. The highest BCUT2D eigenvalue weighted by Crippen LogP contribution is 2.08. The quantitative estimate of drug-likeness (QED) is 0.668. The molecule has 3 heteroatoms. The van der Waals surface area contributed by atoms with Crippen molar-refractivity contribution in [3.63, 3.8) is 0 Å². The lowest BCUT2D eigenvalue weighted by Crippen LogP contribution is -2.29. The Bertz CT molecular complexity index is 157. The molecule has 0 aliphatic heterocycles. The molecule has 2 N–H and O–H groups in total. The molecule has 2 atom stereocenters. The lowest BCUT2D eigenvalue weighted by atomic mass is 9.97. The first-order valence-corrected chi connectivity index (χ1v) is 4.21. The summed E-state index contributed by atoms with van der Waals surface area (Å²) in [6, 6.07) is -0.396. The van der Waals surface area contributed by atoms with Gasteiger partial charge in [0.05, 0.1) is 6.04 Å². The van der Waals surface area contributed by atoms with Crippen molar-refractivity contribution in [2.45, 2.75) is 39.7 Å². The molecule has 0 aromatic carbocycles. The first kappa shape index (κ1) is 11.3. The molecule has 0 spiro atoms. The van der Waals surface area contributed by atoms with Crippen molar-refractivity contribution in [3.05, 3.63) is 0 Å². The molecule has 0 saturated carbocycles. The Labute approximate surface area is 73.3 Å². The fourth-order valence-electron chi connectivity index (χ4n) is 0.836. The van der Waals surface area contributed by atoms with E-state index in [9.17, 15) is 9.59 Å². The fraction of sp³-hybridized carbons (Fsp3) is 0.778. The van der Waals surface area contributed by atoms with Crippen molar-refractivity contribution in [1.82, 2.24) is 0 Å². The van der Waals surface area contributed by atoms with E-state index in [4.69, 9.17) is 5.73 Å². The van der Waals surface area contributed by atoms with Crippen LogP contribution in [0.3, 0.4) is 0 Å². The lowest BCUT2D eigenvalue weighted by molar-refractivity contribution is -0.121. The van der Waals surface area contributed by atoms with Crippen molar-refractivity contribution in [1.29, 1.82) is 0 Å². The fourth-order valence-corrected chi connectivity index (χ4v) is 0.836. The molecule has 0 bridgehead atoms. The van der Waals surface area contributed by atoms with Gasteiger partial charge in [-0.3, -0.25) is 9.59 Å². The highest BCUT2D eigenvalue weighted by atomic mass is 16.1. The maximum atomic E-state index is 10.8. The Morgan fingerprint density at radius 3 is 2.00 bits per heavy atom. The standard InChI is InChI=1S/C9H17NO2/c1-6(7(2)11)4-5-9(10)8(3)12/h6,9H,4-5,10H2,1-3H3. The average molecular weight is 171 g/mol. The minimum atomic E-state index is -0.396. The van der Waals surface area contributed by atoms with Gasteiger partial charge in [0.2, 0.25) is 0 Å². The predicted molar refractivity (Wildman–Crippen MR) is 47.7 cm³/mol. The van der Waals surface area contributed by atoms with Crippen LogP contribution in [-0.4, -0.2) is 17.6 Å². The highest BCUT2D eigenvalue weighted by molar-refractivity contribution is 5.81. The largest absolute Gasteiger partial charge is 0.322 e. The first-order valence-electron chi connectivity index (χ1n) is 4.21. The van der Waals surface area contributed by atoms with Crippen LogP contribution in [0.25, 0.3) is 0 Å². The topological polar surface area (TPSA) is 60.2 Å². The normalized spacial score (nSPS) is 15.3. The number of hydrogen-bond donors (Lipinski definition) is 1. The van der Waals surface area contributed by atoms with Gasteiger partial charge < -0.3 is 5.73 Å². The Hall–Kier alpha value is -0.700. The maximum absolute atomic E-state index is 10.8. The summed E-state index contributed by atoms with van der Waals surface area (Å²) < 4.78 is 0. The van der Waals surface area contributed by atoms with Crippen LogP contribution < -0.4 is 5.73 Å². The van der Waals surface area contributed by atoms with Crippen LogP contribution in [0.4, 0.5) is 0 Å². The summed E-state index contributed by atoms with van der Waals surface area (Å²) in [7, 11) is 0. The van der Waals surface area contributed by atoms with E-state index in [1.54, 1.807) is 6.92 Å². The monoisotopic (exact) mass is 171 g/mol. The van der Waals surface area contributed by atoms with Gasteiger partial charge in [0, 0.05) is 5.92 Å². The number of nitrogens with two attached hydrogens (primary N) is 1. The number of hydrogen-bond acceptors (Lipinski definition) is 3. The predicted octanol–water partition coefficient (Wildman–Crippen LogP) is 0.908. The molecule has 0 fully saturated rings. The number of rotatable bonds is 5. The van der Waals surface area contributed by atoms with Gasteiger partial charge in [-0.15, -0.1) is 0 Å². The molecular formula is C9H17NO2. The summed E-state index contributed by atoms with van der Waals surface area (Å²) >= 11 is 0. The number of carbonyl (C=O) groups excluding carboxylic acids is 2. The van der Waals surface area contributed by atoms with Crippen LogP contribution in [0.15, 0.2) is 0 Å². The molecule has 3 nitrogen and oxygen atoms in total. The molecule has 12 heavy (non-hydrogen) atoms. The summed E-state index contributed by atoms with van der Waals surface area (Å²) in [4.78, 5) is 21.5. The molecule has 0 rings (SSSR count). The van der Waals surface area contributed by atoms with E-state index in [2.05, 4.69) is 0 Å². The Morgan fingerprint density at radius 2 is 1.67 bits per heavy atom. The Morgan fingerprint density at radius 1 is 1.17 bits per heavy atom. The van der Waals surface area contributed by atoms with Crippen molar-refractivity contribution >= 4 is 11.6 Å². The minimum Gasteiger partial charge on any atom is -0.322 e. The zero-order chi connectivity index (χ0) is 9.72. The van der Waals surface area contributed by atoms with Gasteiger partial charge in [-0.05, 0) is 26.7 Å². The third kappa shape index (κ3) is 4.23. The van der Waals surface area contributed by atoms with Crippen molar-refractivity contribution in [2.24, 2.45) is 11.7 Å². The second kappa shape index (κ2) is 5.04. The molecule has 0 amide bonds. The Kier molecular flexibility index (Phi) is 4.74. The van der Waals surface area contributed by atoms with E-state index in [0.717, 1.165) is 0 Å². The molecule has 2 unspecified atom stereocenters. The van der Waals surface area contributed by atoms with Gasteiger partial charge in [0.25, 0.3) is 0 Å². The molecule has 0 radical (unpaired) electrons. The van der Waals surface area contributed by atoms with E-state index in [1.165, 1.54) is 6.92 Å². The van der Waals surface area contributed by atoms with Crippen LogP contribution in [0.5, 0.6) is 0 Å². The molecule has 0 aromatic rings. The number of ketones is 2. The molecule has 0 aliphatic carbocycles.